The van der Waals surface area contributed by atoms with Gasteiger partial charge in [0, 0.05) is 43.0 Å². The van der Waals surface area contributed by atoms with Crippen LogP contribution >= 0.6 is 11.8 Å². The van der Waals surface area contributed by atoms with Gasteiger partial charge in [-0.3, -0.25) is 9.89 Å². The summed E-state index contributed by atoms with van der Waals surface area (Å²) in [5.74, 6) is 0.859. The first kappa shape index (κ1) is 22.7. The number of aliphatic imine (C=N–C) groups is 1. The van der Waals surface area contributed by atoms with Gasteiger partial charge in [-0.15, -0.1) is 0 Å². The summed E-state index contributed by atoms with van der Waals surface area (Å²) < 4.78 is 5.78. The minimum absolute atomic E-state index is 0.107. The predicted molar refractivity (Wildman–Crippen MR) is 122 cm³/mol. The second kappa shape index (κ2) is 8.66. The van der Waals surface area contributed by atoms with Crippen LogP contribution in [0.3, 0.4) is 0 Å². The van der Waals surface area contributed by atoms with Crippen LogP contribution in [0.15, 0.2) is 4.99 Å². The zero-order valence-corrected chi connectivity index (χ0v) is 20.0. The standard InChI is InChI=1S/C22H40N4O2S/c1-17-7-9-22(10-8-17)21(5,6)24-18(29-22)23-11-12-25-13-15-26(16-14-25)19(27)28-20(2,3)4/h17H,7-16H2,1-6H3,(H,23,24). The molecule has 166 valence electrons. The van der Waals surface area contributed by atoms with E-state index in [2.05, 4.69) is 31.0 Å². The molecular weight excluding hydrogens is 384 g/mol. The molecule has 1 spiro atoms. The van der Waals surface area contributed by atoms with Crippen LogP contribution in [0.4, 0.5) is 4.79 Å². The number of amidine groups is 1. The van der Waals surface area contributed by atoms with Gasteiger partial charge in [-0.1, -0.05) is 18.7 Å². The Morgan fingerprint density at radius 1 is 1.21 bits per heavy atom. The number of piperazine rings is 1. The summed E-state index contributed by atoms with van der Waals surface area (Å²) >= 11 is 1.99. The molecule has 1 amide bonds. The lowest BCUT2D eigenvalue weighted by molar-refractivity contribution is 0.0148. The fraction of sp³-hybridized carbons (Fsp3) is 0.909. The highest BCUT2D eigenvalue weighted by Crippen LogP contribution is 2.52. The summed E-state index contributed by atoms with van der Waals surface area (Å²) in [5, 5.41) is 4.83. The fourth-order valence-electron chi connectivity index (χ4n) is 4.52. The number of amides is 1. The molecular formula is C22H40N4O2S. The van der Waals surface area contributed by atoms with Crippen LogP contribution in [0.5, 0.6) is 0 Å². The fourth-order valence-corrected chi connectivity index (χ4v) is 6.10. The second-order valence-electron chi connectivity index (χ2n) is 10.5. The number of nitrogens with zero attached hydrogens (tertiary/aromatic N) is 3. The molecule has 2 saturated heterocycles. The molecule has 0 unspecified atom stereocenters. The number of carbonyl (C=O) groups is 1. The largest absolute Gasteiger partial charge is 0.444 e. The van der Waals surface area contributed by atoms with Gasteiger partial charge in [-0.05, 0) is 66.2 Å². The summed E-state index contributed by atoms with van der Waals surface area (Å²) in [6, 6.07) is 0. The number of rotatable bonds is 3. The van der Waals surface area contributed by atoms with E-state index in [0.717, 1.165) is 50.4 Å². The van der Waals surface area contributed by atoms with E-state index in [4.69, 9.17) is 9.73 Å². The molecule has 0 aromatic rings. The van der Waals surface area contributed by atoms with Crippen molar-refractivity contribution in [3.05, 3.63) is 0 Å². The van der Waals surface area contributed by atoms with Crippen LogP contribution in [0, 0.1) is 5.92 Å². The Hall–Kier alpha value is -0.950. The van der Waals surface area contributed by atoms with E-state index in [1.807, 2.05) is 37.4 Å². The van der Waals surface area contributed by atoms with Crippen LogP contribution in [-0.4, -0.2) is 76.2 Å². The highest BCUT2D eigenvalue weighted by atomic mass is 32.2. The predicted octanol–water partition coefficient (Wildman–Crippen LogP) is 3.96. The minimum atomic E-state index is -0.433. The van der Waals surface area contributed by atoms with Crippen LogP contribution in [0.1, 0.15) is 67.2 Å². The Bertz CT molecular complexity index is 613. The lowest BCUT2D eigenvalue weighted by Crippen LogP contribution is -2.52. The summed E-state index contributed by atoms with van der Waals surface area (Å²) in [6.45, 7) is 17.8. The maximum atomic E-state index is 12.2. The van der Waals surface area contributed by atoms with Crippen molar-refractivity contribution in [3.8, 4) is 0 Å². The molecule has 0 atom stereocenters. The summed E-state index contributed by atoms with van der Waals surface area (Å²) in [6.07, 6.45) is 5.02. The molecule has 3 rings (SSSR count). The first-order valence-corrected chi connectivity index (χ1v) is 12.0. The Balaban J connectivity index is 1.44. The number of hydrogen-bond donors (Lipinski definition) is 1. The molecule has 3 aliphatic rings. The van der Waals surface area contributed by atoms with Crippen molar-refractivity contribution in [2.45, 2.75) is 83.1 Å². The molecule has 0 aromatic carbocycles. The quantitative estimate of drug-likeness (QED) is 0.743. The van der Waals surface area contributed by atoms with Crippen LogP contribution < -0.4 is 5.32 Å². The molecule has 29 heavy (non-hydrogen) atoms. The average molecular weight is 425 g/mol. The summed E-state index contributed by atoms with van der Waals surface area (Å²) in [5.41, 5.74) is -0.326. The van der Waals surface area contributed by atoms with Gasteiger partial charge in [0.05, 0.1) is 6.54 Å². The zero-order valence-electron chi connectivity index (χ0n) is 19.2. The van der Waals surface area contributed by atoms with E-state index >= 15 is 0 Å². The van der Waals surface area contributed by atoms with Crippen molar-refractivity contribution in [2.24, 2.45) is 10.9 Å². The molecule has 1 N–H and O–H groups in total. The normalized spacial score (nSPS) is 31.9. The smallest absolute Gasteiger partial charge is 0.410 e. The number of nitrogens with one attached hydrogen (secondary N) is 1. The van der Waals surface area contributed by atoms with Crippen LogP contribution in [-0.2, 0) is 4.74 Å². The Labute approximate surface area is 181 Å². The number of hydrogen-bond acceptors (Lipinski definition) is 5. The van der Waals surface area contributed by atoms with Gasteiger partial charge in [0.15, 0.2) is 5.17 Å². The third kappa shape index (κ3) is 5.60. The molecule has 2 aliphatic heterocycles. The van der Waals surface area contributed by atoms with Gasteiger partial charge in [-0.25, -0.2) is 4.79 Å². The first-order chi connectivity index (χ1) is 13.5. The molecule has 1 saturated carbocycles. The third-order valence-electron chi connectivity index (χ3n) is 6.63. The van der Waals surface area contributed by atoms with Gasteiger partial charge in [-0.2, -0.15) is 0 Å². The highest BCUT2D eigenvalue weighted by molar-refractivity contribution is 8.15. The van der Waals surface area contributed by atoms with E-state index in [1.165, 1.54) is 25.7 Å². The average Bonchev–Trinajstić information content (AvgIpc) is 2.86. The number of thioether (sulfide) groups is 1. The molecule has 6 nitrogen and oxygen atoms in total. The molecule has 0 radical (unpaired) electrons. The molecule has 1 aliphatic carbocycles. The molecule has 0 bridgehead atoms. The van der Waals surface area contributed by atoms with Gasteiger partial charge in [0.1, 0.15) is 5.60 Å². The first-order valence-electron chi connectivity index (χ1n) is 11.2. The van der Waals surface area contributed by atoms with E-state index in [1.54, 1.807) is 0 Å². The SMILES string of the molecule is CC1CCC2(CC1)SC(=NCCN1CCN(C(=O)OC(C)(C)C)CC1)NC2(C)C. The molecule has 2 heterocycles. The van der Waals surface area contributed by atoms with Crippen molar-refractivity contribution >= 4 is 23.0 Å². The second-order valence-corrected chi connectivity index (χ2v) is 11.9. The highest BCUT2D eigenvalue weighted by Gasteiger charge is 2.53. The lowest BCUT2D eigenvalue weighted by atomic mass is 9.73. The summed E-state index contributed by atoms with van der Waals surface area (Å²) in [7, 11) is 0. The molecule has 7 heteroatoms. The number of ether oxygens (including phenoxy) is 1. The van der Waals surface area contributed by atoms with Crippen LogP contribution in [0.2, 0.25) is 0 Å². The molecule has 0 aromatic heterocycles. The van der Waals surface area contributed by atoms with Gasteiger partial charge >= 0.3 is 6.09 Å². The third-order valence-corrected chi connectivity index (χ3v) is 8.36. The van der Waals surface area contributed by atoms with Crippen molar-refractivity contribution in [1.29, 1.82) is 0 Å². The zero-order chi connectivity index (χ0) is 21.3. The summed E-state index contributed by atoms with van der Waals surface area (Å²) in [4.78, 5) is 21.3. The minimum Gasteiger partial charge on any atom is -0.444 e. The van der Waals surface area contributed by atoms with E-state index in [0.29, 0.717) is 4.75 Å². The van der Waals surface area contributed by atoms with Crippen molar-refractivity contribution in [1.82, 2.24) is 15.1 Å². The van der Waals surface area contributed by atoms with Crippen molar-refractivity contribution in [3.63, 3.8) is 0 Å². The maximum absolute atomic E-state index is 12.2. The Kier molecular flexibility index (Phi) is 6.78. The lowest BCUT2D eigenvalue weighted by Gasteiger charge is -2.43. The van der Waals surface area contributed by atoms with Gasteiger partial charge in [0.25, 0.3) is 0 Å². The van der Waals surface area contributed by atoms with E-state index in [9.17, 15) is 4.79 Å². The van der Waals surface area contributed by atoms with Gasteiger partial charge < -0.3 is 15.0 Å². The Morgan fingerprint density at radius 3 is 2.41 bits per heavy atom. The topological polar surface area (TPSA) is 57.2 Å². The van der Waals surface area contributed by atoms with E-state index in [-0.39, 0.29) is 11.6 Å². The Morgan fingerprint density at radius 2 is 1.83 bits per heavy atom. The van der Waals surface area contributed by atoms with Gasteiger partial charge in [0.2, 0.25) is 0 Å². The maximum Gasteiger partial charge on any atom is 0.410 e. The van der Waals surface area contributed by atoms with Crippen molar-refractivity contribution < 1.29 is 9.53 Å². The van der Waals surface area contributed by atoms with Crippen molar-refractivity contribution in [2.75, 3.05) is 39.3 Å². The number of carbonyl (C=O) groups excluding carboxylic acids is 1. The molecule has 3 fully saturated rings. The van der Waals surface area contributed by atoms with Crippen LogP contribution in [0.25, 0.3) is 0 Å². The van der Waals surface area contributed by atoms with E-state index < -0.39 is 5.60 Å². The monoisotopic (exact) mass is 424 g/mol.